The highest BCUT2D eigenvalue weighted by Gasteiger charge is 2.23. The lowest BCUT2D eigenvalue weighted by atomic mass is 9.96. The Bertz CT molecular complexity index is 617. The zero-order chi connectivity index (χ0) is 19.6. The number of nitrogens with zero attached hydrogens (tertiary/aromatic N) is 2. The Labute approximate surface area is 171 Å². The number of hydrogen-bond donors (Lipinski definition) is 0. The van der Waals surface area contributed by atoms with Crippen molar-refractivity contribution in [3.8, 4) is 0 Å². The van der Waals surface area contributed by atoms with E-state index in [0.717, 1.165) is 19.5 Å². The lowest BCUT2D eigenvalue weighted by molar-refractivity contribution is 0.0713. The van der Waals surface area contributed by atoms with Crippen molar-refractivity contribution < 1.29 is 4.74 Å². The van der Waals surface area contributed by atoms with Crippen molar-refractivity contribution in [2.75, 3.05) is 31.6 Å². The molecule has 3 heteroatoms. The van der Waals surface area contributed by atoms with Crippen LogP contribution in [0.2, 0.25) is 0 Å². The fraction of sp³-hybridized carbons (Fsp3) is 0.520. The van der Waals surface area contributed by atoms with Gasteiger partial charge in [-0.25, -0.2) is 0 Å². The van der Waals surface area contributed by atoms with Gasteiger partial charge in [0.05, 0.1) is 6.10 Å². The van der Waals surface area contributed by atoms with Crippen LogP contribution in [0.25, 0.3) is 0 Å². The van der Waals surface area contributed by atoms with Crippen LogP contribution >= 0.6 is 0 Å². The number of benzene rings is 2. The second kappa shape index (κ2) is 11.2. The molecule has 1 saturated heterocycles. The Kier molecular flexibility index (Phi) is 8.38. The van der Waals surface area contributed by atoms with Crippen LogP contribution in [-0.2, 0) is 4.74 Å². The van der Waals surface area contributed by atoms with Gasteiger partial charge in [-0.05, 0) is 62.9 Å². The van der Waals surface area contributed by atoms with E-state index in [0.29, 0.717) is 12.1 Å². The second-order valence-corrected chi connectivity index (χ2v) is 7.85. The van der Waals surface area contributed by atoms with E-state index in [2.05, 4.69) is 77.4 Å². The van der Waals surface area contributed by atoms with E-state index in [4.69, 9.17) is 4.74 Å². The molecular formula is C25H36N2O. The smallest absolute Gasteiger partial charge is 0.0569 e. The van der Waals surface area contributed by atoms with Crippen LogP contribution in [-0.4, -0.2) is 43.8 Å². The molecule has 152 valence electrons. The number of piperidine rings is 1. The molecule has 1 fully saturated rings. The molecule has 2 aromatic carbocycles. The summed E-state index contributed by atoms with van der Waals surface area (Å²) in [6.07, 6.45) is 7.98. The van der Waals surface area contributed by atoms with Crippen LogP contribution in [0.3, 0.4) is 0 Å². The summed E-state index contributed by atoms with van der Waals surface area (Å²) in [6, 6.07) is 22.3. The molecule has 0 spiro atoms. The summed E-state index contributed by atoms with van der Waals surface area (Å²) in [7, 11) is 1.85. The molecule has 1 aliphatic heterocycles. The van der Waals surface area contributed by atoms with E-state index in [-0.39, 0.29) is 0 Å². The molecule has 1 unspecified atom stereocenters. The number of para-hydroxylation sites is 2. The quantitative estimate of drug-likeness (QED) is 0.511. The second-order valence-electron chi connectivity index (χ2n) is 7.85. The molecule has 0 bridgehead atoms. The summed E-state index contributed by atoms with van der Waals surface area (Å²) in [5.41, 5.74) is 2.54. The third kappa shape index (κ3) is 5.83. The van der Waals surface area contributed by atoms with Gasteiger partial charge in [0.25, 0.3) is 0 Å². The maximum atomic E-state index is 5.61. The minimum Gasteiger partial charge on any atom is -0.381 e. The first-order valence-corrected chi connectivity index (χ1v) is 11.0. The molecule has 0 radical (unpaired) electrons. The Morgan fingerprint density at radius 3 is 2.21 bits per heavy atom. The highest BCUT2D eigenvalue weighted by atomic mass is 16.5. The van der Waals surface area contributed by atoms with Crippen molar-refractivity contribution in [3.05, 3.63) is 60.7 Å². The van der Waals surface area contributed by atoms with E-state index in [1.807, 2.05) is 7.11 Å². The van der Waals surface area contributed by atoms with E-state index in [1.54, 1.807) is 0 Å². The topological polar surface area (TPSA) is 15.7 Å². The number of methoxy groups -OCH3 is 1. The SMILES string of the molecule is CCC(CC[C@@H]1CCCCN1CCN(c1ccccc1)c1ccccc1)OC. The molecule has 1 heterocycles. The number of ether oxygens (including phenoxy) is 1. The van der Waals surface area contributed by atoms with Gasteiger partial charge >= 0.3 is 0 Å². The Morgan fingerprint density at radius 2 is 1.64 bits per heavy atom. The lowest BCUT2D eigenvalue weighted by Crippen LogP contribution is -2.43. The van der Waals surface area contributed by atoms with Crippen molar-refractivity contribution in [3.63, 3.8) is 0 Å². The highest BCUT2D eigenvalue weighted by Crippen LogP contribution is 2.26. The lowest BCUT2D eigenvalue weighted by Gasteiger charge is -2.38. The monoisotopic (exact) mass is 380 g/mol. The molecule has 1 aliphatic rings. The van der Waals surface area contributed by atoms with Gasteiger partial charge in [0, 0.05) is 37.6 Å². The van der Waals surface area contributed by atoms with Crippen molar-refractivity contribution in [2.45, 2.75) is 57.6 Å². The normalized spacial score (nSPS) is 18.7. The first-order chi connectivity index (χ1) is 13.8. The number of rotatable bonds is 10. The molecule has 3 nitrogen and oxygen atoms in total. The van der Waals surface area contributed by atoms with Gasteiger partial charge in [0.2, 0.25) is 0 Å². The summed E-state index contributed by atoms with van der Waals surface area (Å²) >= 11 is 0. The third-order valence-electron chi connectivity index (χ3n) is 6.11. The summed E-state index contributed by atoms with van der Waals surface area (Å²) in [6.45, 7) is 5.58. The molecule has 3 rings (SSSR count). The molecule has 0 amide bonds. The van der Waals surface area contributed by atoms with Gasteiger partial charge in [-0.3, -0.25) is 4.90 Å². The number of likely N-dealkylation sites (tertiary alicyclic amines) is 1. The summed E-state index contributed by atoms with van der Waals surface area (Å²) in [5, 5.41) is 0. The van der Waals surface area contributed by atoms with Crippen molar-refractivity contribution >= 4 is 11.4 Å². The summed E-state index contributed by atoms with van der Waals surface area (Å²) < 4.78 is 5.61. The average molecular weight is 381 g/mol. The maximum absolute atomic E-state index is 5.61. The number of anilines is 2. The molecule has 0 aliphatic carbocycles. The molecule has 2 atom stereocenters. The molecular weight excluding hydrogens is 344 g/mol. The molecule has 0 saturated carbocycles. The molecule has 0 N–H and O–H groups in total. The van der Waals surface area contributed by atoms with Crippen LogP contribution in [0.5, 0.6) is 0 Å². The number of hydrogen-bond acceptors (Lipinski definition) is 3. The van der Waals surface area contributed by atoms with Crippen LogP contribution in [0, 0.1) is 0 Å². The Balaban J connectivity index is 1.65. The maximum Gasteiger partial charge on any atom is 0.0569 e. The van der Waals surface area contributed by atoms with E-state index in [1.165, 1.54) is 50.0 Å². The Hall–Kier alpha value is -1.84. The summed E-state index contributed by atoms with van der Waals surface area (Å²) in [5.74, 6) is 0. The van der Waals surface area contributed by atoms with Crippen molar-refractivity contribution in [1.29, 1.82) is 0 Å². The molecule has 0 aromatic heterocycles. The van der Waals surface area contributed by atoms with Gasteiger partial charge in [0.1, 0.15) is 0 Å². The predicted octanol–water partition coefficient (Wildman–Crippen LogP) is 5.88. The largest absolute Gasteiger partial charge is 0.381 e. The first kappa shape index (κ1) is 20.9. The van der Waals surface area contributed by atoms with Gasteiger partial charge in [0.15, 0.2) is 0 Å². The van der Waals surface area contributed by atoms with Crippen LogP contribution in [0.1, 0.15) is 45.4 Å². The van der Waals surface area contributed by atoms with Gasteiger partial charge in [-0.2, -0.15) is 0 Å². The van der Waals surface area contributed by atoms with Crippen molar-refractivity contribution in [2.24, 2.45) is 0 Å². The standard InChI is InChI=1S/C25H36N2O/c1-3-25(28-2)18-17-22-12-10-11-19-26(22)20-21-27(23-13-6-4-7-14-23)24-15-8-5-9-16-24/h4-9,13-16,22,25H,3,10-12,17-21H2,1-2H3/t22-,25?/m0/s1. The zero-order valence-electron chi connectivity index (χ0n) is 17.6. The van der Waals surface area contributed by atoms with Gasteiger partial charge < -0.3 is 9.64 Å². The zero-order valence-corrected chi connectivity index (χ0v) is 17.6. The van der Waals surface area contributed by atoms with Gasteiger partial charge in [-0.15, -0.1) is 0 Å². The minimum absolute atomic E-state index is 0.411. The van der Waals surface area contributed by atoms with E-state index >= 15 is 0 Å². The Morgan fingerprint density at radius 1 is 1.00 bits per heavy atom. The predicted molar refractivity (Wildman–Crippen MR) is 119 cm³/mol. The molecule has 28 heavy (non-hydrogen) atoms. The van der Waals surface area contributed by atoms with Crippen molar-refractivity contribution in [1.82, 2.24) is 4.90 Å². The van der Waals surface area contributed by atoms with E-state index in [9.17, 15) is 0 Å². The highest BCUT2D eigenvalue weighted by molar-refractivity contribution is 5.62. The average Bonchev–Trinajstić information content (AvgIpc) is 2.77. The fourth-order valence-corrected chi connectivity index (χ4v) is 4.40. The first-order valence-electron chi connectivity index (χ1n) is 11.0. The van der Waals surface area contributed by atoms with Crippen LogP contribution in [0.4, 0.5) is 11.4 Å². The van der Waals surface area contributed by atoms with Gasteiger partial charge in [-0.1, -0.05) is 49.7 Å². The summed E-state index contributed by atoms with van der Waals surface area (Å²) in [4.78, 5) is 5.18. The molecule has 2 aromatic rings. The third-order valence-corrected chi connectivity index (χ3v) is 6.11. The van der Waals surface area contributed by atoms with Crippen LogP contribution < -0.4 is 4.90 Å². The van der Waals surface area contributed by atoms with Crippen LogP contribution in [0.15, 0.2) is 60.7 Å². The van der Waals surface area contributed by atoms with E-state index < -0.39 is 0 Å². The fourth-order valence-electron chi connectivity index (χ4n) is 4.40. The minimum atomic E-state index is 0.411.